The van der Waals surface area contributed by atoms with Crippen LogP contribution in [0.2, 0.25) is 0 Å². The molecule has 0 fully saturated rings. The Hall–Kier alpha value is -4.12. The van der Waals surface area contributed by atoms with Crippen molar-refractivity contribution in [2.45, 2.75) is 0 Å². The number of methoxy groups -OCH3 is 1. The largest absolute Gasteiger partial charge is 0.493 e. The first-order valence-electron chi connectivity index (χ1n) is 8.76. The van der Waals surface area contributed by atoms with Crippen LogP contribution in [-0.4, -0.2) is 13.1 Å². The van der Waals surface area contributed by atoms with Gasteiger partial charge in [-0.25, -0.2) is 22.4 Å². The molecule has 0 aliphatic carbocycles. The van der Waals surface area contributed by atoms with Gasteiger partial charge in [0.15, 0.2) is 29.0 Å². The molecule has 0 aliphatic rings. The summed E-state index contributed by atoms with van der Waals surface area (Å²) in [5.41, 5.74) is -0.214. The molecule has 156 valence electrons. The maximum atomic E-state index is 14.0. The van der Waals surface area contributed by atoms with E-state index < -0.39 is 34.8 Å². The zero-order chi connectivity index (χ0) is 22.5. The average molecular weight is 427 g/mol. The fraction of sp³-hybridized carbons (Fsp3) is 0.0435. The second-order valence-electron chi connectivity index (χ2n) is 6.17. The molecule has 0 saturated carbocycles. The molecule has 3 rings (SSSR count). The molecule has 8 heteroatoms. The lowest BCUT2D eigenvalue weighted by atomic mass is 10.0. The third kappa shape index (κ3) is 4.56. The summed E-state index contributed by atoms with van der Waals surface area (Å²) in [5, 5.41) is 9.38. The summed E-state index contributed by atoms with van der Waals surface area (Å²) >= 11 is 0. The van der Waals surface area contributed by atoms with Crippen LogP contribution in [0.25, 0.3) is 11.6 Å². The smallest absolute Gasteiger partial charge is 0.346 e. The van der Waals surface area contributed by atoms with Gasteiger partial charge in [-0.15, -0.1) is 0 Å². The number of rotatable bonds is 5. The standard InChI is InChI=1S/C23H13F4NO3/c1-30-20-11-13(10-14(12-28)15-4-2-3-5-17(15)24)6-9-19(20)31-23(29)16-7-8-18(25)22(27)21(16)26/h2-11H,1H3/b14-10-. The highest BCUT2D eigenvalue weighted by atomic mass is 19.2. The summed E-state index contributed by atoms with van der Waals surface area (Å²) in [6.07, 6.45) is 1.40. The number of halogens is 4. The van der Waals surface area contributed by atoms with E-state index >= 15 is 0 Å². The number of esters is 1. The number of carbonyl (C=O) groups is 1. The molecule has 0 bridgehead atoms. The van der Waals surface area contributed by atoms with Crippen molar-refractivity contribution in [2.24, 2.45) is 0 Å². The summed E-state index contributed by atoms with van der Waals surface area (Å²) in [4.78, 5) is 12.2. The van der Waals surface area contributed by atoms with Crippen molar-refractivity contribution in [3.8, 4) is 17.6 Å². The Bertz CT molecular complexity index is 1230. The number of ether oxygens (including phenoxy) is 2. The number of benzene rings is 3. The Kier molecular flexibility index (Phi) is 6.36. The average Bonchev–Trinajstić information content (AvgIpc) is 2.77. The van der Waals surface area contributed by atoms with Gasteiger partial charge in [-0.1, -0.05) is 24.3 Å². The van der Waals surface area contributed by atoms with Crippen LogP contribution in [0.15, 0.2) is 54.6 Å². The maximum absolute atomic E-state index is 14.0. The van der Waals surface area contributed by atoms with Crippen molar-refractivity contribution in [1.29, 1.82) is 5.26 Å². The van der Waals surface area contributed by atoms with Crippen LogP contribution in [0.4, 0.5) is 17.6 Å². The van der Waals surface area contributed by atoms with Crippen molar-refractivity contribution in [3.63, 3.8) is 0 Å². The fourth-order valence-electron chi connectivity index (χ4n) is 2.71. The van der Waals surface area contributed by atoms with Gasteiger partial charge >= 0.3 is 5.97 Å². The Morgan fingerprint density at radius 2 is 1.65 bits per heavy atom. The van der Waals surface area contributed by atoms with E-state index in [-0.39, 0.29) is 22.6 Å². The first-order chi connectivity index (χ1) is 14.8. The van der Waals surface area contributed by atoms with Crippen LogP contribution < -0.4 is 9.47 Å². The Labute approximate surface area is 174 Å². The third-order valence-electron chi connectivity index (χ3n) is 4.24. The maximum Gasteiger partial charge on any atom is 0.346 e. The zero-order valence-corrected chi connectivity index (χ0v) is 16.0. The van der Waals surface area contributed by atoms with Crippen LogP contribution >= 0.6 is 0 Å². The van der Waals surface area contributed by atoms with Gasteiger partial charge < -0.3 is 9.47 Å². The van der Waals surface area contributed by atoms with E-state index in [0.29, 0.717) is 11.6 Å². The normalized spacial score (nSPS) is 11.0. The molecule has 3 aromatic carbocycles. The van der Waals surface area contributed by atoms with Crippen LogP contribution in [0.3, 0.4) is 0 Å². The zero-order valence-electron chi connectivity index (χ0n) is 16.0. The Balaban J connectivity index is 1.92. The molecule has 0 unspecified atom stereocenters. The summed E-state index contributed by atoms with van der Waals surface area (Å²) in [6, 6.07) is 13.2. The van der Waals surface area contributed by atoms with Gasteiger partial charge in [0, 0.05) is 5.56 Å². The van der Waals surface area contributed by atoms with Crippen LogP contribution in [-0.2, 0) is 0 Å². The molecule has 0 N–H and O–H groups in total. The van der Waals surface area contributed by atoms with Crippen molar-refractivity contribution >= 4 is 17.6 Å². The Morgan fingerprint density at radius 1 is 0.903 bits per heavy atom. The number of hydrogen-bond donors (Lipinski definition) is 0. The fourth-order valence-corrected chi connectivity index (χ4v) is 2.71. The second-order valence-corrected chi connectivity index (χ2v) is 6.17. The van der Waals surface area contributed by atoms with E-state index in [2.05, 4.69) is 0 Å². The molecule has 31 heavy (non-hydrogen) atoms. The monoisotopic (exact) mass is 427 g/mol. The van der Waals surface area contributed by atoms with Gasteiger partial charge in [0.25, 0.3) is 0 Å². The van der Waals surface area contributed by atoms with Crippen LogP contribution in [0.5, 0.6) is 11.5 Å². The van der Waals surface area contributed by atoms with Gasteiger partial charge in [-0.2, -0.15) is 5.26 Å². The van der Waals surface area contributed by atoms with Crippen molar-refractivity contribution < 1.29 is 31.8 Å². The number of allylic oxidation sites excluding steroid dienone is 1. The lowest BCUT2D eigenvalue weighted by molar-refractivity contribution is 0.0723. The Morgan fingerprint density at radius 3 is 2.32 bits per heavy atom. The topological polar surface area (TPSA) is 59.3 Å². The van der Waals surface area contributed by atoms with E-state index in [1.54, 1.807) is 6.07 Å². The summed E-state index contributed by atoms with van der Waals surface area (Å²) in [7, 11) is 1.28. The van der Waals surface area contributed by atoms with E-state index in [0.717, 1.165) is 6.07 Å². The number of nitrogens with zero attached hydrogens (tertiary/aromatic N) is 1. The molecule has 0 aromatic heterocycles. The first-order valence-corrected chi connectivity index (χ1v) is 8.76. The molecule has 0 saturated heterocycles. The molecular formula is C23H13F4NO3. The molecule has 0 radical (unpaired) electrons. The molecule has 0 spiro atoms. The number of hydrogen-bond acceptors (Lipinski definition) is 4. The van der Waals surface area contributed by atoms with Gasteiger partial charge in [0.05, 0.1) is 24.3 Å². The van der Waals surface area contributed by atoms with E-state index in [9.17, 15) is 27.6 Å². The summed E-state index contributed by atoms with van der Waals surface area (Å²) in [6.45, 7) is 0. The van der Waals surface area contributed by atoms with Crippen molar-refractivity contribution in [2.75, 3.05) is 7.11 Å². The molecule has 4 nitrogen and oxygen atoms in total. The lowest BCUT2D eigenvalue weighted by Gasteiger charge is -2.11. The van der Waals surface area contributed by atoms with E-state index in [1.807, 2.05) is 6.07 Å². The quantitative estimate of drug-likeness (QED) is 0.134. The SMILES string of the molecule is COc1cc(/C=C(/C#N)c2ccccc2F)ccc1OC(=O)c1ccc(F)c(F)c1F. The third-order valence-corrected chi connectivity index (χ3v) is 4.24. The van der Waals surface area contributed by atoms with Crippen molar-refractivity contribution in [3.05, 3.63) is 94.6 Å². The highest BCUT2D eigenvalue weighted by Crippen LogP contribution is 2.31. The molecule has 0 aliphatic heterocycles. The van der Waals surface area contributed by atoms with Gasteiger partial charge in [-0.05, 0) is 42.0 Å². The predicted octanol–water partition coefficient (Wildman–Crippen LogP) is 5.53. The van der Waals surface area contributed by atoms with Gasteiger partial charge in [-0.3, -0.25) is 0 Å². The minimum absolute atomic E-state index is 0.0379. The van der Waals surface area contributed by atoms with E-state index in [1.165, 1.54) is 49.6 Å². The van der Waals surface area contributed by atoms with Crippen LogP contribution in [0, 0.1) is 34.6 Å². The number of carbonyl (C=O) groups excluding carboxylic acids is 1. The van der Waals surface area contributed by atoms with Gasteiger partial charge in [0.1, 0.15) is 5.82 Å². The second kappa shape index (κ2) is 9.13. The first kappa shape index (κ1) is 21.6. The highest BCUT2D eigenvalue weighted by molar-refractivity contribution is 5.92. The highest BCUT2D eigenvalue weighted by Gasteiger charge is 2.21. The van der Waals surface area contributed by atoms with Crippen molar-refractivity contribution in [1.82, 2.24) is 0 Å². The molecule has 0 atom stereocenters. The van der Waals surface area contributed by atoms with E-state index in [4.69, 9.17) is 9.47 Å². The minimum Gasteiger partial charge on any atom is -0.493 e. The molecule has 0 heterocycles. The number of nitriles is 1. The molecule has 3 aromatic rings. The lowest BCUT2D eigenvalue weighted by Crippen LogP contribution is -2.13. The summed E-state index contributed by atoms with van der Waals surface area (Å²) in [5.74, 6) is -6.82. The molecular weight excluding hydrogens is 414 g/mol. The summed E-state index contributed by atoms with van der Waals surface area (Å²) < 4.78 is 64.4. The predicted molar refractivity (Wildman–Crippen MR) is 104 cm³/mol. The molecule has 0 amide bonds. The van der Waals surface area contributed by atoms with Gasteiger partial charge in [0.2, 0.25) is 0 Å². The van der Waals surface area contributed by atoms with Crippen LogP contribution in [0.1, 0.15) is 21.5 Å². The minimum atomic E-state index is -1.79.